The summed E-state index contributed by atoms with van der Waals surface area (Å²) in [6.07, 6.45) is 12.9. The fourth-order valence-electron chi connectivity index (χ4n) is 3.85. The Kier molecular flexibility index (Phi) is 7.97. The molecule has 0 amide bonds. The van der Waals surface area contributed by atoms with Gasteiger partial charge in [-0.05, 0) is 31.8 Å². The molecule has 1 saturated heterocycles. The molecule has 0 unspecified atom stereocenters. The molecule has 1 saturated carbocycles. The predicted octanol–water partition coefficient (Wildman–Crippen LogP) is 3.41. The number of aliphatic carboxylic acids is 1. The molecule has 0 bridgehead atoms. The van der Waals surface area contributed by atoms with E-state index in [1.807, 2.05) is 6.08 Å². The topological polar surface area (TPSA) is 87.0 Å². The Morgan fingerprint density at radius 3 is 2.84 bits per heavy atom. The van der Waals surface area contributed by atoms with Crippen LogP contribution in [0, 0.1) is 11.8 Å². The first-order valence-corrected chi connectivity index (χ1v) is 9.64. The molecule has 5 nitrogen and oxygen atoms in total. The summed E-state index contributed by atoms with van der Waals surface area (Å²) >= 11 is 0. The van der Waals surface area contributed by atoms with Gasteiger partial charge in [0, 0.05) is 24.7 Å². The van der Waals surface area contributed by atoms with Crippen molar-refractivity contribution in [2.45, 2.75) is 83.0 Å². The van der Waals surface area contributed by atoms with E-state index in [1.165, 1.54) is 25.7 Å². The zero-order chi connectivity index (χ0) is 18.2. The minimum atomic E-state index is -1.32. The first kappa shape index (κ1) is 20.0. The molecule has 5 atom stereocenters. The second kappa shape index (κ2) is 9.97. The van der Waals surface area contributed by atoms with Crippen molar-refractivity contribution in [2.75, 3.05) is 0 Å². The minimum Gasteiger partial charge on any atom is -0.495 e. The van der Waals surface area contributed by atoms with Gasteiger partial charge < -0.3 is 20.1 Å². The van der Waals surface area contributed by atoms with Crippen LogP contribution in [0.1, 0.15) is 64.7 Å². The monoisotopic (exact) mass is 352 g/mol. The maximum atomic E-state index is 10.6. The molecule has 2 rings (SSSR count). The van der Waals surface area contributed by atoms with Crippen molar-refractivity contribution in [1.29, 1.82) is 0 Å². The van der Waals surface area contributed by atoms with Crippen LogP contribution >= 0.6 is 0 Å². The van der Waals surface area contributed by atoms with Gasteiger partial charge in [-0.2, -0.15) is 0 Å². The molecule has 5 heteroatoms. The number of unbranched alkanes of at least 4 members (excludes halogenated alkanes) is 4. The van der Waals surface area contributed by atoms with Crippen LogP contribution in [0.3, 0.4) is 0 Å². The first-order valence-electron chi connectivity index (χ1n) is 9.64. The van der Waals surface area contributed by atoms with Crippen LogP contribution in [0.15, 0.2) is 24.0 Å². The summed E-state index contributed by atoms with van der Waals surface area (Å²) in [5.41, 5.74) is 0. The lowest BCUT2D eigenvalue weighted by molar-refractivity contribution is -0.146. The van der Waals surface area contributed by atoms with Crippen LogP contribution in [0.5, 0.6) is 0 Å². The highest BCUT2D eigenvalue weighted by Gasteiger charge is 2.46. The molecule has 0 spiro atoms. The number of aliphatic hydroxyl groups is 2. The van der Waals surface area contributed by atoms with E-state index >= 15 is 0 Å². The molecular weight excluding hydrogens is 320 g/mol. The van der Waals surface area contributed by atoms with Crippen LogP contribution < -0.4 is 0 Å². The van der Waals surface area contributed by atoms with Crippen molar-refractivity contribution >= 4 is 5.97 Å². The highest BCUT2D eigenvalue weighted by molar-refractivity contribution is 5.71. The standard InChI is InChI=1S/C20H32O5/c1-2-3-4-5-6-7-10-15-16-12-14(25-19(16)13-18(15)22)9-8-11-17(21)20(23)24/h7,9-10,15-19,21-22H,2-6,8,11-13H2,1H3,(H,23,24)/b10-7+,14-9-/t15-,16-,17-,18-,19+/m1/s1. The Labute approximate surface area is 150 Å². The average Bonchev–Trinajstić information content (AvgIpc) is 3.08. The summed E-state index contributed by atoms with van der Waals surface area (Å²) in [4.78, 5) is 10.6. The SMILES string of the molecule is CCCCCC/C=C/[C@@H]1[C@H]2C/C(=C/CC[C@@H](O)C(=O)O)O[C@H]2C[C@H]1O. The number of hydrogen-bond donors (Lipinski definition) is 3. The van der Waals surface area contributed by atoms with E-state index in [4.69, 9.17) is 9.84 Å². The maximum Gasteiger partial charge on any atom is 0.332 e. The van der Waals surface area contributed by atoms with Crippen LogP contribution in [0.25, 0.3) is 0 Å². The largest absolute Gasteiger partial charge is 0.495 e. The second-order valence-corrected chi connectivity index (χ2v) is 7.28. The van der Waals surface area contributed by atoms with Gasteiger partial charge in [-0.3, -0.25) is 0 Å². The van der Waals surface area contributed by atoms with E-state index in [1.54, 1.807) is 0 Å². The summed E-state index contributed by atoms with van der Waals surface area (Å²) in [5, 5.41) is 28.3. The van der Waals surface area contributed by atoms with Gasteiger partial charge in [0.05, 0.1) is 11.9 Å². The van der Waals surface area contributed by atoms with E-state index in [2.05, 4.69) is 19.1 Å². The molecule has 0 aromatic carbocycles. The molecule has 25 heavy (non-hydrogen) atoms. The van der Waals surface area contributed by atoms with E-state index in [0.29, 0.717) is 18.8 Å². The Bertz CT molecular complexity index is 484. The first-order chi connectivity index (χ1) is 12.0. The van der Waals surface area contributed by atoms with Gasteiger partial charge in [-0.15, -0.1) is 0 Å². The van der Waals surface area contributed by atoms with Gasteiger partial charge in [-0.1, -0.05) is 38.3 Å². The van der Waals surface area contributed by atoms with Crippen LogP contribution in [0.4, 0.5) is 0 Å². The Morgan fingerprint density at radius 2 is 2.12 bits per heavy atom. The fraction of sp³-hybridized carbons (Fsp3) is 0.750. The van der Waals surface area contributed by atoms with Gasteiger partial charge in [0.15, 0.2) is 6.10 Å². The fourth-order valence-corrected chi connectivity index (χ4v) is 3.85. The molecule has 0 radical (unpaired) electrons. The molecule has 2 fully saturated rings. The lowest BCUT2D eigenvalue weighted by atomic mass is 9.90. The Hall–Kier alpha value is -1.33. The smallest absolute Gasteiger partial charge is 0.332 e. The molecule has 2 aliphatic rings. The van der Waals surface area contributed by atoms with Crippen LogP contribution in [0.2, 0.25) is 0 Å². The molecule has 142 valence electrons. The highest BCUT2D eigenvalue weighted by Crippen LogP contribution is 2.45. The third kappa shape index (κ3) is 5.86. The third-order valence-corrected chi connectivity index (χ3v) is 5.31. The van der Waals surface area contributed by atoms with Crippen molar-refractivity contribution in [2.24, 2.45) is 11.8 Å². The third-order valence-electron chi connectivity index (χ3n) is 5.31. The molecule has 3 N–H and O–H groups in total. The van der Waals surface area contributed by atoms with E-state index in [0.717, 1.165) is 18.6 Å². The Balaban J connectivity index is 1.79. The zero-order valence-corrected chi connectivity index (χ0v) is 15.1. The normalized spacial score (nSPS) is 31.4. The zero-order valence-electron chi connectivity index (χ0n) is 15.1. The molecule has 1 aliphatic heterocycles. The van der Waals surface area contributed by atoms with Crippen LogP contribution in [-0.4, -0.2) is 39.6 Å². The van der Waals surface area contributed by atoms with Gasteiger partial charge >= 0.3 is 5.97 Å². The predicted molar refractivity (Wildman–Crippen MR) is 96.0 cm³/mol. The van der Waals surface area contributed by atoms with Crippen molar-refractivity contribution in [1.82, 2.24) is 0 Å². The number of fused-ring (bicyclic) bond motifs is 1. The summed E-state index contributed by atoms with van der Waals surface area (Å²) in [5.74, 6) is 0.139. The van der Waals surface area contributed by atoms with E-state index in [-0.39, 0.29) is 24.5 Å². The highest BCUT2D eigenvalue weighted by atomic mass is 16.5. The second-order valence-electron chi connectivity index (χ2n) is 7.28. The number of carboxylic acid groups (broad SMARTS) is 1. The van der Waals surface area contributed by atoms with Gasteiger partial charge in [-0.25, -0.2) is 4.79 Å². The molecule has 1 heterocycles. The number of hydrogen-bond acceptors (Lipinski definition) is 4. The van der Waals surface area contributed by atoms with Crippen molar-refractivity contribution in [3.63, 3.8) is 0 Å². The number of rotatable bonds is 10. The summed E-state index contributed by atoms with van der Waals surface area (Å²) < 4.78 is 5.93. The molecule has 1 aliphatic carbocycles. The molecular formula is C20H32O5. The lowest BCUT2D eigenvalue weighted by Gasteiger charge is -2.15. The van der Waals surface area contributed by atoms with Gasteiger partial charge in [0.1, 0.15) is 6.10 Å². The maximum absolute atomic E-state index is 10.6. The summed E-state index contributed by atoms with van der Waals surface area (Å²) in [7, 11) is 0. The quantitative estimate of drug-likeness (QED) is 0.414. The van der Waals surface area contributed by atoms with Gasteiger partial charge in [0.25, 0.3) is 0 Å². The lowest BCUT2D eigenvalue weighted by Crippen LogP contribution is -2.18. The van der Waals surface area contributed by atoms with Crippen molar-refractivity contribution in [3.8, 4) is 0 Å². The number of carboxylic acids is 1. The van der Waals surface area contributed by atoms with Gasteiger partial charge in [0.2, 0.25) is 0 Å². The summed E-state index contributed by atoms with van der Waals surface area (Å²) in [6, 6.07) is 0. The van der Waals surface area contributed by atoms with Crippen LogP contribution in [-0.2, 0) is 9.53 Å². The molecule has 0 aromatic heterocycles. The van der Waals surface area contributed by atoms with E-state index < -0.39 is 12.1 Å². The van der Waals surface area contributed by atoms with Crippen molar-refractivity contribution < 1.29 is 24.9 Å². The Morgan fingerprint density at radius 1 is 1.32 bits per heavy atom. The summed E-state index contributed by atoms with van der Waals surface area (Å²) in [6.45, 7) is 2.21. The molecule has 0 aromatic rings. The minimum absolute atomic E-state index is 0.0559. The van der Waals surface area contributed by atoms with Crippen molar-refractivity contribution in [3.05, 3.63) is 24.0 Å². The average molecular weight is 352 g/mol. The number of ether oxygens (including phenoxy) is 1. The number of carbonyl (C=O) groups is 1. The van der Waals surface area contributed by atoms with E-state index in [9.17, 15) is 15.0 Å². The number of allylic oxidation sites excluding steroid dienone is 3. The number of aliphatic hydroxyl groups excluding tert-OH is 2.